The third kappa shape index (κ3) is 3.16. The van der Waals surface area contributed by atoms with Crippen molar-refractivity contribution in [1.82, 2.24) is 0 Å². The van der Waals surface area contributed by atoms with E-state index in [2.05, 4.69) is 0 Å². The molecule has 4 N–H and O–H groups in total. The number of carboxylic acids is 1. The SMILES string of the molecule is C#C[C@](N)(Cc1cccc(O)c1)C(=O)O.Cl. The highest BCUT2D eigenvalue weighted by Crippen LogP contribution is 2.16. The Labute approximate surface area is 99.5 Å². The lowest BCUT2D eigenvalue weighted by molar-refractivity contribution is -0.141. The zero-order chi connectivity index (χ0) is 11.5. The maximum absolute atomic E-state index is 10.8. The van der Waals surface area contributed by atoms with Crippen LogP contribution < -0.4 is 5.73 Å². The Morgan fingerprint density at radius 1 is 1.56 bits per heavy atom. The van der Waals surface area contributed by atoms with E-state index in [0.29, 0.717) is 5.56 Å². The first-order valence-electron chi connectivity index (χ1n) is 4.26. The summed E-state index contributed by atoms with van der Waals surface area (Å²) in [5.74, 6) is 0.839. The molecule has 1 rings (SSSR count). The van der Waals surface area contributed by atoms with Crippen molar-refractivity contribution >= 4 is 18.4 Å². The number of terminal acetylenes is 1. The third-order valence-electron chi connectivity index (χ3n) is 2.03. The number of rotatable bonds is 3. The van der Waals surface area contributed by atoms with Crippen LogP contribution in [-0.2, 0) is 11.2 Å². The Morgan fingerprint density at radius 2 is 2.19 bits per heavy atom. The molecule has 5 heteroatoms. The van der Waals surface area contributed by atoms with Crippen LogP contribution in [0.1, 0.15) is 5.56 Å². The van der Waals surface area contributed by atoms with Gasteiger partial charge in [-0.05, 0) is 17.7 Å². The van der Waals surface area contributed by atoms with Crippen molar-refractivity contribution < 1.29 is 15.0 Å². The van der Waals surface area contributed by atoms with Crippen molar-refractivity contribution in [2.75, 3.05) is 0 Å². The molecule has 0 saturated heterocycles. The Balaban J connectivity index is 0.00000225. The average Bonchev–Trinajstić information content (AvgIpc) is 2.17. The van der Waals surface area contributed by atoms with E-state index in [0.717, 1.165) is 0 Å². The van der Waals surface area contributed by atoms with Crippen LogP contribution in [0, 0.1) is 12.3 Å². The van der Waals surface area contributed by atoms with Crippen molar-refractivity contribution in [2.24, 2.45) is 5.73 Å². The lowest BCUT2D eigenvalue weighted by Gasteiger charge is -2.17. The van der Waals surface area contributed by atoms with Crippen LogP contribution in [0.5, 0.6) is 5.75 Å². The Hall–Kier alpha value is -1.70. The van der Waals surface area contributed by atoms with E-state index in [1.807, 2.05) is 5.92 Å². The van der Waals surface area contributed by atoms with Gasteiger partial charge in [-0.15, -0.1) is 18.8 Å². The summed E-state index contributed by atoms with van der Waals surface area (Å²) in [7, 11) is 0. The number of aromatic hydroxyl groups is 1. The van der Waals surface area contributed by atoms with Gasteiger partial charge in [0.15, 0.2) is 5.54 Å². The van der Waals surface area contributed by atoms with Crippen molar-refractivity contribution in [3.8, 4) is 18.1 Å². The minimum atomic E-state index is -1.73. The average molecular weight is 242 g/mol. The molecule has 0 saturated carbocycles. The minimum Gasteiger partial charge on any atom is -0.508 e. The van der Waals surface area contributed by atoms with E-state index >= 15 is 0 Å². The van der Waals surface area contributed by atoms with E-state index in [4.69, 9.17) is 17.3 Å². The molecule has 16 heavy (non-hydrogen) atoms. The Kier molecular flexibility index (Phi) is 4.83. The van der Waals surface area contributed by atoms with Crippen molar-refractivity contribution in [2.45, 2.75) is 12.0 Å². The number of halogens is 1. The minimum absolute atomic E-state index is 0. The fraction of sp³-hybridized carbons (Fsp3) is 0.182. The molecule has 0 radical (unpaired) electrons. The van der Waals surface area contributed by atoms with Crippen LogP contribution in [0.15, 0.2) is 24.3 Å². The van der Waals surface area contributed by atoms with E-state index in [-0.39, 0.29) is 24.6 Å². The largest absolute Gasteiger partial charge is 0.508 e. The summed E-state index contributed by atoms with van der Waals surface area (Å²) in [5.41, 5.74) is 4.36. The smallest absolute Gasteiger partial charge is 0.336 e. The topological polar surface area (TPSA) is 83.5 Å². The first-order valence-corrected chi connectivity index (χ1v) is 4.26. The van der Waals surface area contributed by atoms with Gasteiger partial charge in [0.2, 0.25) is 0 Å². The quantitative estimate of drug-likeness (QED) is 0.683. The van der Waals surface area contributed by atoms with Crippen molar-refractivity contribution in [1.29, 1.82) is 0 Å². The first-order chi connectivity index (χ1) is 6.98. The number of carboxylic acid groups (broad SMARTS) is 1. The molecule has 0 bridgehead atoms. The molecule has 4 nitrogen and oxygen atoms in total. The van der Waals surface area contributed by atoms with E-state index < -0.39 is 11.5 Å². The maximum Gasteiger partial charge on any atom is 0.336 e. The van der Waals surface area contributed by atoms with Gasteiger partial charge in [0, 0.05) is 6.42 Å². The molecule has 0 spiro atoms. The van der Waals surface area contributed by atoms with Crippen LogP contribution in [0.4, 0.5) is 0 Å². The lowest BCUT2D eigenvalue weighted by Crippen LogP contribution is -2.48. The van der Waals surface area contributed by atoms with Crippen LogP contribution in [0.25, 0.3) is 0 Å². The van der Waals surface area contributed by atoms with Gasteiger partial charge >= 0.3 is 5.97 Å². The van der Waals surface area contributed by atoms with Gasteiger partial charge in [-0.25, -0.2) is 4.79 Å². The molecular weight excluding hydrogens is 230 g/mol. The molecule has 1 aromatic carbocycles. The van der Waals surface area contributed by atoms with Crippen LogP contribution in [0.2, 0.25) is 0 Å². The number of nitrogens with two attached hydrogens (primary N) is 1. The van der Waals surface area contributed by atoms with Crippen molar-refractivity contribution in [3.05, 3.63) is 29.8 Å². The molecular formula is C11H12ClNO3. The van der Waals surface area contributed by atoms with Crippen LogP contribution >= 0.6 is 12.4 Å². The standard InChI is InChI=1S/C11H11NO3.ClH/c1-2-11(12,10(14)15)7-8-4-3-5-9(13)6-8;/h1,3-6,13H,7,12H2,(H,14,15);1H/t11-;/m0./s1. The number of hydrogen-bond donors (Lipinski definition) is 3. The molecule has 1 aromatic rings. The van der Waals surface area contributed by atoms with E-state index in [1.165, 1.54) is 12.1 Å². The van der Waals surface area contributed by atoms with E-state index in [1.54, 1.807) is 12.1 Å². The fourth-order valence-electron chi connectivity index (χ4n) is 1.18. The number of hydrogen-bond acceptors (Lipinski definition) is 3. The Bertz CT molecular complexity index is 427. The number of aliphatic carboxylic acids is 1. The fourth-order valence-corrected chi connectivity index (χ4v) is 1.18. The van der Waals surface area contributed by atoms with E-state index in [9.17, 15) is 9.90 Å². The molecule has 0 fully saturated rings. The Morgan fingerprint density at radius 3 is 2.62 bits per heavy atom. The summed E-state index contributed by atoms with van der Waals surface area (Å²) in [6.07, 6.45) is 5.05. The lowest BCUT2D eigenvalue weighted by atomic mass is 9.93. The highest BCUT2D eigenvalue weighted by atomic mass is 35.5. The predicted molar refractivity (Wildman–Crippen MR) is 62.4 cm³/mol. The van der Waals surface area contributed by atoms with Gasteiger partial charge < -0.3 is 15.9 Å². The summed E-state index contributed by atoms with van der Waals surface area (Å²) >= 11 is 0. The van der Waals surface area contributed by atoms with Gasteiger partial charge in [-0.3, -0.25) is 0 Å². The predicted octanol–water partition coefficient (Wildman–Crippen LogP) is 0.772. The molecule has 0 amide bonds. The summed E-state index contributed by atoms with van der Waals surface area (Å²) < 4.78 is 0. The summed E-state index contributed by atoms with van der Waals surface area (Å²) in [6, 6.07) is 6.17. The monoisotopic (exact) mass is 241 g/mol. The zero-order valence-corrected chi connectivity index (χ0v) is 9.20. The molecule has 1 atom stereocenters. The summed E-state index contributed by atoms with van der Waals surface area (Å²) in [6.45, 7) is 0. The van der Waals surface area contributed by atoms with Gasteiger partial charge in [0.1, 0.15) is 5.75 Å². The van der Waals surface area contributed by atoms with Gasteiger partial charge in [-0.1, -0.05) is 18.1 Å². The van der Waals surface area contributed by atoms with Gasteiger partial charge in [0.05, 0.1) is 0 Å². The third-order valence-corrected chi connectivity index (χ3v) is 2.03. The molecule has 0 aliphatic rings. The first kappa shape index (κ1) is 14.3. The second-order valence-corrected chi connectivity index (χ2v) is 3.27. The second kappa shape index (κ2) is 5.40. The number of phenols is 1. The zero-order valence-electron chi connectivity index (χ0n) is 8.38. The molecule has 0 aromatic heterocycles. The molecule has 0 aliphatic carbocycles. The van der Waals surface area contributed by atoms with Gasteiger partial charge in [0.25, 0.3) is 0 Å². The molecule has 0 aliphatic heterocycles. The summed E-state index contributed by atoms with van der Waals surface area (Å²) in [5, 5.41) is 18.0. The highest BCUT2D eigenvalue weighted by Gasteiger charge is 2.31. The number of benzene rings is 1. The number of carbonyl (C=O) groups is 1. The summed E-state index contributed by atoms with van der Waals surface area (Å²) in [4.78, 5) is 10.8. The normalized spacial score (nSPS) is 13.0. The number of phenolic OH excluding ortho intramolecular Hbond substituents is 1. The maximum atomic E-state index is 10.8. The van der Waals surface area contributed by atoms with Crippen molar-refractivity contribution in [3.63, 3.8) is 0 Å². The van der Waals surface area contributed by atoms with Gasteiger partial charge in [-0.2, -0.15) is 0 Å². The highest BCUT2D eigenvalue weighted by molar-refractivity contribution is 5.85. The molecule has 86 valence electrons. The molecule has 0 heterocycles. The van der Waals surface area contributed by atoms with Crippen LogP contribution in [-0.4, -0.2) is 21.7 Å². The molecule has 0 unspecified atom stereocenters. The second-order valence-electron chi connectivity index (χ2n) is 3.27. The van der Waals surface area contributed by atoms with Crippen LogP contribution in [0.3, 0.4) is 0 Å².